The van der Waals surface area contributed by atoms with Gasteiger partial charge in [0.15, 0.2) is 17.5 Å². The summed E-state index contributed by atoms with van der Waals surface area (Å²) >= 11 is 1.66. The summed E-state index contributed by atoms with van der Waals surface area (Å²) in [6, 6.07) is 20.5. The number of fused-ring (bicyclic) bond motifs is 1. The molecule has 0 amide bonds. The Kier molecular flexibility index (Phi) is 7.43. The fraction of sp³-hybridized carbons (Fsp3) is 0.250. The van der Waals surface area contributed by atoms with Gasteiger partial charge < -0.3 is 24.5 Å². The molecule has 5 rings (SSSR count). The van der Waals surface area contributed by atoms with Crippen molar-refractivity contribution in [1.29, 1.82) is 0 Å². The first-order valence-corrected chi connectivity index (χ1v) is 13.0. The van der Waals surface area contributed by atoms with E-state index in [9.17, 15) is 9.59 Å². The van der Waals surface area contributed by atoms with Gasteiger partial charge in [-0.05, 0) is 60.5 Å². The van der Waals surface area contributed by atoms with Crippen molar-refractivity contribution in [2.24, 2.45) is 0 Å². The number of carbonyl (C=O) groups excluding carboxylic acids is 2. The lowest BCUT2D eigenvalue weighted by molar-refractivity contribution is -0.125. The Balaban J connectivity index is 1.31. The van der Waals surface area contributed by atoms with Crippen LogP contribution in [-0.4, -0.2) is 47.6 Å². The summed E-state index contributed by atoms with van der Waals surface area (Å²) in [4.78, 5) is 29.7. The molecule has 0 radical (unpaired) electrons. The molecule has 0 bridgehead atoms. The standard InChI is InChI=1S/C28H27N3O5S/c1-17-5-3-4-6-21(17)30-28-31-22-12-7-18(16-24(22)36-28)15-23(32)25(26-29-13-14-37-26)35-20-10-8-19(9-11-20)27(33)34-2/h3-12,16,25-26,29H,13-15H2,1-2H3,(H,30,31). The smallest absolute Gasteiger partial charge is 0.337 e. The lowest BCUT2D eigenvalue weighted by atomic mass is 10.0. The Labute approximate surface area is 218 Å². The van der Waals surface area contributed by atoms with Crippen molar-refractivity contribution < 1.29 is 23.5 Å². The van der Waals surface area contributed by atoms with E-state index >= 15 is 0 Å². The summed E-state index contributed by atoms with van der Waals surface area (Å²) in [6.45, 7) is 2.82. The quantitative estimate of drug-likeness (QED) is 0.301. The second-order valence-corrected chi connectivity index (χ2v) is 9.95. The highest BCUT2D eigenvalue weighted by atomic mass is 32.2. The Morgan fingerprint density at radius 2 is 1.97 bits per heavy atom. The normalized spacial score (nSPS) is 15.9. The number of thioether (sulfide) groups is 1. The first-order chi connectivity index (χ1) is 18.0. The molecule has 1 aromatic heterocycles. The highest BCUT2D eigenvalue weighted by Crippen LogP contribution is 2.27. The largest absolute Gasteiger partial charge is 0.480 e. The van der Waals surface area contributed by atoms with Crippen LogP contribution in [0.5, 0.6) is 5.75 Å². The molecule has 190 valence electrons. The summed E-state index contributed by atoms with van der Waals surface area (Å²) < 4.78 is 16.8. The molecule has 2 unspecified atom stereocenters. The van der Waals surface area contributed by atoms with E-state index in [0.29, 0.717) is 28.4 Å². The number of methoxy groups -OCH3 is 1. The number of hydrogen-bond donors (Lipinski definition) is 2. The van der Waals surface area contributed by atoms with Crippen molar-refractivity contribution in [3.8, 4) is 5.75 Å². The van der Waals surface area contributed by atoms with Gasteiger partial charge in [0.2, 0.25) is 0 Å². The number of ether oxygens (including phenoxy) is 2. The van der Waals surface area contributed by atoms with Crippen LogP contribution in [0, 0.1) is 6.92 Å². The Bertz CT molecular complexity index is 1410. The van der Waals surface area contributed by atoms with E-state index in [1.165, 1.54) is 7.11 Å². The number of Topliss-reactive ketones (excluding diaryl/α,β-unsaturated/α-hetero) is 1. The lowest BCUT2D eigenvalue weighted by Crippen LogP contribution is -2.43. The van der Waals surface area contributed by atoms with Gasteiger partial charge in [-0.3, -0.25) is 4.79 Å². The molecule has 1 aliphatic heterocycles. The molecule has 37 heavy (non-hydrogen) atoms. The third-order valence-corrected chi connectivity index (χ3v) is 7.31. The maximum atomic E-state index is 13.4. The zero-order chi connectivity index (χ0) is 25.8. The fourth-order valence-corrected chi connectivity index (χ4v) is 5.24. The van der Waals surface area contributed by atoms with Gasteiger partial charge in [0.05, 0.1) is 18.0 Å². The molecular weight excluding hydrogens is 490 g/mol. The minimum atomic E-state index is -0.694. The summed E-state index contributed by atoms with van der Waals surface area (Å²) in [7, 11) is 1.34. The van der Waals surface area contributed by atoms with E-state index < -0.39 is 12.1 Å². The number of oxazole rings is 1. The molecular formula is C28H27N3O5S. The van der Waals surface area contributed by atoms with Gasteiger partial charge in [0, 0.05) is 24.4 Å². The molecule has 2 atom stereocenters. The first-order valence-electron chi connectivity index (χ1n) is 11.9. The highest BCUT2D eigenvalue weighted by Gasteiger charge is 2.33. The number of esters is 1. The van der Waals surface area contributed by atoms with E-state index in [-0.39, 0.29) is 17.6 Å². The van der Waals surface area contributed by atoms with Gasteiger partial charge in [-0.15, -0.1) is 11.8 Å². The number of anilines is 2. The monoisotopic (exact) mass is 517 g/mol. The van der Waals surface area contributed by atoms with Crippen molar-refractivity contribution in [3.05, 3.63) is 83.4 Å². The van der Waals surface area contributed by atoms with Crippen LogP contribution < -0.4 is 15.4 Å². The average molecular weight is 518 g/mol. The second-order valence-electron chi connectivity index (χ2n) is 8.70. The third kappa shape index (κ3) is 5.79. The number of nitrogens with one attached hydrogen (secondary N) is 2. The van der Waals surface area contributed by atoms with Crippen LogP contribution in [0.25, 0.3) is 11.1 Å². The van der Waals surface area contributed by atoms with Crippen LogP contribution in [0.3, 0.4) is 0 Å². The molecule has 1 fully saturated rings. The summed E-state index contributed by atoms with van der Waals surface area (Å²) in [5.74, 6) is 0.936. The van der Waals surface area contributed by atoms with Crippen LogP contribution in [-0.2, 0) is 16.0 Å². The van der Waals surface area contributed by atoms with Crippen LogP contribution in [0.4, 0.5) is 11.7 Å². The Morgan fingerprint density at radius 3 is 2.70 bits per heavy atom. The van der Waals surface area contributed by atoms with Crippen molar-refractivity contribution >= 4 is 46.3 Å². The summed E-state index contributed by atoms with van der Waals surface area (Å²) in [5.41, 5.74) is 4.55. The number of aromatic nitrogens is 1. The van der Waals surface area contributed by atoms with Gasteiger partial charge in [0.1, 0.15) is 11.3 Å². The molecule has 3 aromatic carbocycles. The number of carbonyl (C=O) groups is 2. The molecule has 9 heteroatoms. The van der Waals surface area contributed by atoms with Crippen LogP contribution in [0.15, 0.2) is 71.1 Å². The number of rotatable bonds is 9. The molecule has 4 aromatic rings. The predicted octanol–water partition coefficient (Wildman–Crippen LogP) is 4.89. The van der Waals surface area contributed by atoms with E-state index in [4.69, 9.17) is 13.9 Å². The number of aryl methyl sites for hydroxylation is 1. The molecule has 1 saturated heterocycles. The molecule has 2 heterocycles. The van der Waals surface area contributed by atoms with Crippen molar-refractivity contribution in [2.75, 3.05) is 24.7 Å². The molecule has 1 aliphatic rings. The number of ketones is 1. The Hall–Kier alpha value is -3.82. The number of nitrogens with zero attached hydrogens (tertiary/aromatic N) is 1. The predicted molar refractivity (Wildman–Crippen MR) is 144 cm³/mol. The van der Waals surface area contributed by atoms with Gasteiger partial charge in [-0.25, -0.2) is 4.79 Å². The third-order valence-electron chi connectivity index (χ3n) is 6.09. The van der Waals surface area contributed by atoms with Crippen molar-refractivity contribution in [2.45, 2.75) is 24.8 Å². The van der Waals surface area contributed by atoms with E-state index in [1.54, 1.807) is 36.0 Å². The minimum Gasteiger partial charge on any atom is -0.480 e. The van der Waals surface area contributed by atoms with E-state index in [0.717, 1.165) is 29.1 Å². The van der Waals surface area contributed by atoms with Crippen LogP contribution >= 0.6 is 11.8 Å². The number of para-hydroxylation sites is 1. The van der Waals surface area contributed by atoms with E-state index in [2.05, 4.69) is 15.6 Å². The van der Waals surface area contributed by atoms with E-state index in [1.807, 2.05) is 49.4 Å². The topological polar surface area (TPSA) is 103 Å². The molecule has 0 aliphatic carbocycles. The van der Waals surface area contributed by atoms with Gasteiger partial charge in [0.25, 0.3) is 6.01 Å². The maximum absolute atomic E-state index is 13.4. The van der Waals surface area contributed by atoms with Crippen LogP contribution in [0.2, 0.25) is 0 Å². The summed E-state index contributed by atoms with van der Waals surface area (Å²) in [5, 5.41) is 6.40. The maximum Gasteiger partial charge on any atom is 0.337 e. The highest BCUT2D eigenvalue weighted by molar-refractivity contribution is 8.00. The second kappa shape index (κ2) is 11.1. The lowest BCUT2D eigenvalue weighted by Gasteiger charge is -2.23. The van der Waals surface area contributed by atoms with Gasteiger partial charge >= 0.3 is 5.97 Å². The summed E-state index contributed by atoms with van der Waals surface area (Å²) in [6.07, 6.45) is -0.513. The number of benzene rings is 3. The zero-order valence-corrected chi connectivity index (χ0v) is 21.3. The number of hydrogen-bond acceptors (Lipinski definition) is 9. The molecule has 0 saturated carbocycles. The molecule has 2 N–H and O–H groups in total. The van der Waals surface area contributed by atoms with Gasteiger partial charge in [-0.1, -0.05) is 24.3 Å². The van der Waals surface area contributed by atoms with Crippen LogP contribution in [0.1, 0.15) is 21.5 Å². The first kappa shape index (κ1) is 24.9. The van der Waals surface area contributed by atoms with Crippen molar-refractivity contribution in [1.82, 2.24) is 10.3 Å². The Morgan fingerprint density at radius 1 is 1.16 bits per heavy atom. The minimum absolute atomic E-state index is 0.0546. The SMILES string of the molecule is COC(=O)c1ccc(OC(C(=O)Cc2ccc3nc(Nc4ccccc4C)oc3c2)C2NCCS2)cc1. The zero-order valence-electron chi connectivity index (χ0n) is 20.5. The average Bonchev–Trinajstić information content (AvgIpc) is 3.58. The molecule has 8 nitrogen and oxygen atoms in total. The van der Waals surface area contributed by atoms with Gasteiger partial charge in [-0.2, -0.15) is 4.98 Å². The fourth-order valence-electron chi connectivity index (χ4n) is 4.13. The van der Waals surface area contributed by atoms with Crippen molar-refractivity contribution in [3.63, 3.8) is 0 Å². The molecule has 0 spiro atoms.